The highest BCUT2D eigenvalue weighted by molar-refractivity contribution is 5.27. The monoisotopic (exact) mass is 301 g/mol. The fourth-order valence-electron chi connectivity index (χ4n) is 3.55. The molecule has 1 N–H and O–H groups in total. The Labute approximate surface area is 137 Å². The predicted octanol–water partition coefficient (Wildman–Crippen LogP) is 5.68. The molecule has 0 bridgehead atoms. The summed E-state index contributed by atoms with van der Waals surface area (Å²) < 4.78 is 0. The zero-order valence-electron chi connectivity index (χ0n) is 15.5. The van der Waals surface area contributed by atoms with Gasteiger partial charge in [0.2, 0.25) is 0 Å². The molecule has 1 nitrogen and oxygen atoms in total. The molecule has 0 atom stereocenters. The molecular formula is C21H35N. The van der Waals surface area contributed by atoms with Crippen molar-refractivity contribution < 1.29 is 0 Å². The topological polar surface area (TPSA) is 12.0 Å². The SMILES string of the molecule is CC(C)(C)c1ccc(CN[C@H]2CC[C@H](C(C)(C)C)CC2)cc1. The number of nitrogens with one attached hydrogen (secondary N) is 1. The van der Waals surface area contributed by atoms with Gasteiger partial charge in [0.25, 0.3) is 0 Å². The molecular weight excluding hydrogens is 266 g/mol. The normalized spacial score (nSPS) is 23.5. The first-order valence-corrected chi connectivity index (χ1v) is 8.99. The molecule has 0 unspecified atom stereocenters. The summed E-state index contributed by atoms with van der Waals surface area (Å²) in [5.41, 5.74) is 3.55. The molecule has 1 aromatic rings. The Morgan fingerprint density at radius 1 is 0.864 bits per heavy atom. The second-order valence-electron chi connectivity index (χ2n) is 9.24. The second kappa shape index (κ2) is 6.74. The highest BCUT2D eigenvalue weighted by atomic mass is 14.9. The summed E-state index contributed by atoms with van der Waals surface area (Å²) in [6.07, 6.45) is 5.43. The predicted molar refractivity (Wildman–Crippen MR) is 97.2 cm³/mol. The van der Waals surface area contributed by atoms with Gasteiger partial charge in [-0.3, -0.25) is 0 Å². The fourth-order valence-corrected chi connectivity index (χ4v) is 3.55. The summed E-state index contributed by atoms with van der Waals surface area (Å²) in [4.78, 5) is 0. The Morgan fingerprint density at radius 2 is 1.41 bits per heavy atom. The van der Waals surface area contributed by atoms with Crippen LogP contribution in [0.5, 0.6) is 0 Å². The lowest BCUT2D eigenvalue weighted by molar-refractivity contribution is 0.160. The maximum atomic E-state index is 3.77. The van der Waals surface area contributed by atoms with Crippen molar-refractivity contribution in [3.8, 4) is 0 Å². The van der Waals surface area contributed by atoms with Crippen LogP contribution in [0.15, 0.2) is 24.3 Å². The molecule has 2 rings (SSSR count). The average Bonchev–Trinajstić information content (AvgIpc) is 2.44. The minimum atomic E-state index is 0.247. The molecule has 1 aliphatic carbocycles. The summed E-state index contributed by atoms with van der Waals surface area (Å²) in [6.45, 7) is 15.0. The molecule has 0 saturated heterocycles. The first-order chi connectivity index (χ1) is 10.2. The van der Waals surface area contributed by atoms with Crippen molar-refractivity contribution >= 4 is 0 Å². The zero-order chi connectivity index (χ0) is 16.4. The third kappa shape index (κ3) is 4.84. The first kappa shape index (κ1) is 17.5. The maximum Gasteiger partial charge on any atom is 0.0208 e. The van der Waals surface area contributed by atoms with Gasteiger partial charge in [0.1, 0.15) is 0 Å². The summed E-state index contributed by atoms with van der Waals surface area (Å²) in [5, 5.41) is 3.77. The number of benzene rings is 1. The van der Waals surface area contributed by atoms with Crippen molar-refractivity contribution in [1.82, 2.24) is 5.32 Å². The molecule has 0 aromatic heterocycles. The van der Waals surface area contributed by atoms with Crippen LogP contribution in [0.25, 0.3) is 0 Å². The van der Waals surface area contributed by atoms with Gasteiger partial charge in [-0.15, -0.1) is 0 Å². The average molecular weight is 302 g/mol. The van der Waals surface area contributed by atoms with Crippen LogP contribution >= 0.6 is 0 Å². The Bertz CT molecular complexity index is 450. The Balaban J connectivity index is 1.80. The molecule has 1 saturated carbocycles. The van der Waals surface area contributed by atoms with Crippen LogP contribution in [0.3, 0.4) is 0 Å². The van der Waals surface area contributed by atoms with E-state index in [9.17, 15) is 0 Å². The van der Waals surface area contributed by atoms with Gasteiger partial charge in [-0.25, -0.2) is 0 Å². The van der Waals surface area contributed by atoms with Gasteiger partial charge >= 0.3 is 0 Å². The molecule has 0 spiro atoms. The van der Waals surface area contributed by atoms with E-state index in [1.165, 1.54) is 36.8 Å². The summed E-state index contributed by atoms with van der Waals surface area (Å²) in [5.74, 6) is 0.900. The lowest BCUT2D eigenvalue weighted by atomic mass is 9.71. The smallest absolute Gasteiger partial charge is 0.0208 e. The van der Waals surface area contributed by atoms with Crippen LogP contribution in [-0.2, 0) is 12.0 Å². The van der Waals surface area contributed by atoms with E-state index in [0.717, 1.165) is 12.5 Å². The van der Waals surface area contributed by atoms with Crippen molar-refractivity contribution in [3.05, 3.63) is 35.4 Å². The van der Waals surface area contributed by atoms with Gasteiger partial charge < -0.3 is 5.32 Å². The number of hydrogen-bond acceptors (Lipinski definition) is 1. The largest absolute Gasteiger partial charge is 0.310 e. The summed E-state index contributed by atoms with van der Waals surface area (Å²) in [7, 11) is 0. The minimum Gasteiger partial charge on any atom is -0.310 e. The molecule has 1 fully saturated rings. The maximum absolute atomic E-state index is 3.77. The van der Waals surface area contributed by atoms with Gasteiger partial charge in [0.05, 0.1) is 0 Å². The van der Waals surface area contributed by atoms with Crippen molar-refractivity contribution in [3.63, 3.8) is 0 Å². The van der Waals surface area contributed by atoms with Crippen LogP contribution in [0.2, 0.25) is 0 Å². The van der Waals surface area contributed by atoms with Crippen molar-refractivity contribution in [2.45, 2.75) is 85.2 Å². The summed E-state index contributed by atoms with van der Waals surface area (Å²) >= 11 is 0. The van der Waals surface area contributed by atoms with Gasteiger partial charge in [-0.2, -0.15) is 0 Å². The quantitative estimate of drug-likeness (QED) is 0.757. The van der Waals surface area contributed by atoms with E-state index in [-0.39, 0.29) is 5.41 Å². The van der Waals surface area contributed by atoms with Crippen LogP contribution in [0.4, 0.5) is 0 Å². The second-order valence-corrected chi connectivity index (χ2v) is 9.24. The standard InChI is InChI=1S/C21H35N/c1-20(2,3)17-9-7-16(8-10-17)15-22-19-13-11-18(12-14-19)21(4,5)6/h7-10,18-19,22H,11-15H2,1-6H3/t18-,19-. The third-order valence-corrected chi connectivity index (χ3v) is 5.37. The van der Waals surface area contributed by atoms with Gasteiger partial charge in [0, 0.05) is 12.6 Å². The highest BCUT2D eigenvalue weighted by Crippen LogP contribution is 2.37. The van der Waals surface area contributed by atoms with Gasteiger partial charge in [0.15, 0.2) is 0 Å². The molecule has 0 radical (unpaired) electrons. The zero-order valence-corrected chi connectivity index (χ0v) is 15.5. The molecule has 22 heavy (non-hydrogen) atoms. The molecule has 0 aliphatic heterocycles. The van der Waals surface area contributed by atoms with E-state index < -0.39 is 0 Å². The van der Waals surface area contributed by atoms with Gasteiger partial charge in [-0.05, 0) is 53.6 Å². The molecule has 1 heteroatoms. The number of rotatable bonds is 3. The lowest BCUT2D eigenvalue weighted by Gasteiger charge is -2.37. The molecule has 0 heterocycles. The first-order valence-electron chi connectivity index (χ1n) is 8.99. The van der Waals surface area contributed by atoms with E-state index in [1.807, 2.05) is 0 Å². The molecule has 1 aliphatic rings. The van der Waals surface area contributed by atoms with Crippen molar-refractivity contribution in [2.75, 3.05) is 0 Å². The third-order valence-electron chi connectivity index (χ3n) is 5.37. The Hall–Kier alpha value is -0.820. The van der Waals surface area contributed by atoms with Crippen LogP contribution in [0, 0.1) is 11.3 Å². The van der Waals surface area contributed by atoms with Crippen molar-refractivity contribution in [2.24, 2.45) is 11.3 Å². The Kier molecular flexibility index (Phi) is 5.37. The summed E-state index contributed by atoms with van der Waals surface area (Å²) in [6, 6.07) is 9.85. The van der Waals surface area contributed by atoms with E-state index in [2.05, 4.69) is 71.1 Å². The Morgan fingerprint density at radius 3 is 1.86 bits per heavy atom. The lowest BCUT2D eigenvalue weighted by Crippen LogP contribution is -2.35. The van der Waals surface area contributed by atoms with Crippen LogP contribution < -0.4 is 5.32 Å². The fraction of sp³-hybridized carbons (Fsp3) is 0.714. The highest BCUT2D eigenvalue weighted by Gasteiger charge is 2.29. The number of hydrogen-bond donors (Lipinski definition) is 1. The van der Waals surface area contributed by atoms with E-state index in [1.54, 1.807) is 0 Å². The van der Waals surface area contributed by atoms with E-state index >= 15 is 0 Å². The molecule has 124 valence electrons. The van der Waals surface area contributed by atoms with Crippen LogP contribution in [-0.4, -0.2) is 6.04 Å². The van der Waals surface area contributed by atoms with E-state index in [0.29, 0.717) is 11.5 Å². The van der Waals surface area contributed by atoms with Gasteiger partial charge in [-0.1, -0.05) is 65.8 Å². The molecule has 1 aromatic carbocycles. The van der Waals surface area contributed by atoms with Crippen LogP contribution in [0.1, 0.15) is 78.4 Å². The minimum absolute atomic E-state index is 0.247. The molecule has 0 amide bonds. The van der Waals surface area contributed by atoms with E-state index in [4.69, 9.17) is 0 Å². The van der Waals surface area contributed by atoms with Crippen molar-refractivity contribution in [1.29, 1.82) is 0 Å².